The van der Waals surface area contributed by atoms with Crippen molar-refractivity contribution < 1.29 is 84.6 Å². The summed E-state index contributed by atoms with van der Waals surface area (Å²) in [5, 5.41) is 118. The zero-order chi connectivity index (χ0) is 45.3. The van der Waals surface area contributed by atoms with Crippen molar-refractivity contribution in [2.24, 2.45) is 46.3 Å². The molecule has 11 N–H and O–H groups in total. The summed E-state index contributed by atoms with van der Waals surface area (Å²) in [4.78, 5) is 0. The summed E-state index contributed by atoms with van der Waals surface area (Å²) in [6.45, 7) is 13.3. The Morgan fingerprint density at radius 1 is 0.694 bits per heavy atom. The van der Waals surface area contributed by atoms with Crippen LogP contribution < -0.4 is 0 Å². The minimum Gasteiger partial charge on any atom is -0.394 e. The van der Waals surface area contributed by atoms with Crippen molar-refractivity contribution in [2.45, 2.75) is 216 Å². The van der Waals surface area contributed by atoms with E-state index in [-0.39, 0.29) is 41.4 Å². The second-order valence-electron chi connectivity index (χ2n) is 20.9. The molecule has 17 nitrogen and oxygen atoms in total. The molecule has 3 heterocycles. The van der Waals surface area contributed by atoms with Gasteiger partial charge in [-0.3, -0.25) is 0 Å². The normalized spacial score (nSPS) is 53.0. The average Bonchev–Trinajstić information content (AvgIpc) is 3.53. The van der Waals surface area contributed by atoms with Gasteiger partial charge in [0.2, 0.25) is 0 Å². The number of aliphatic hydroxyl groups excluding tert-OH is 11. The second kappa shape index (κ2) is 19.0. The molecule has 358 valence electrons. The van der Waals surface area contributed by atoms with Gasteiger partial charge in [0.15, 0.2) is 18.9 Å². The average molecular weight is 889 g/mol. The van der Waals surface area contributed by atoms with Gasteiger partial charge in [0.25, 0.3) is 0 Å². The number of ether oxygens (including phenoxy) is 6. The van der Waals surface area contributed by atoms with Crippen molar-refractivity contribution in [3.05, 3.63) is 11.6 Å². The Labute approximate surface area is 364 Å². The Morgan fingerprint density at radius 2 is 1.26 bits per heavy atom. The number of aliphatic hydroxyl groups is 11. The molecular weight excluding hydrogens is 812 g/mol. The highest BCUT2D eigenvalue weighted by Crippen LogP contribution is 2.68. The quantitative estimate of drug-likeness (QED) is 0.114. The van der Waals surface area contributed by atoms with E-state index in [0.29, 0.717) is 31.6 Å². The van der Waals surface area contributed by atoms with Crippen molar-refractivity contribution in [3.63, 3.8) is 0 Å². The summed E-state index contributed by atoms with van der Waals surface area (Å²) in [5.41, 5.74) is 0.0223. The summed E-state index contributed by atoms with van der Waals surface area (Å²) in [6, 6.07) is 0. The molecule has 0 bridgehead atoms. The third-order valence-electron chi connectivity index (χ3n) is 16.8. The third kappa shape index (κ3) is 8.72. The van der Waals surface area contributed by atoms with Crippen molar-refractivity contribution in [1.82, 2.24) is 0 Å². The highest BCUT2D eigenvalue weighted by atomic mass is 16.7. The van der Waals surface area contributed by atoms with Crippen LogP contribution in [0.5, 0.6) is 0 Å². The van der Waals surface area contributed by atoms with E-state index in [1.54, 1.807) is 13.8 Å². The Hall–Kier alpha value is -0.940. The van der Waals surface area contributed by atoms with Gasteiger partial charge in [-0.05, 0) is 99.7 Å². The molecule has 0 unspecified atom stereocenters. The number of hydrogen-bond acceptors (Lipinski definition) is 17. The van der Waals surface area contributed by atoms with Crippen LogP contribution in [0.15, 0.2) is 11.6 Å². The number of fused-ring (bicyclic) bond motifs is 5. The van der Waals surface area contributed by atoms with E-state index in [9.17, 15) is 56.2 Å². The summed E-state index contributed by atoms with van der Waals surface area (Å²) in [6.07, 6.45) is -15.5. The highest BCUT2D eigenvalue weighted by Gasteiger charge is 2.65. The van der Waals surface area contributed by atoms with Crippen LogP contribution in [-0.2, 0) is 28.4 Å². The van der Waals surface area contributed by atoms with E-state index in [1.165, 1.54) is 0 Å². The van der Waals surface area contributed by atoms with Crippen molar-refractivity contribution in [3.8, 4) is 0 Å². The molecule has 3 saturated heterocycles. The minimum atomic E-state index is -1.60. The molecule has 3 saturated carbocycles. The smallest absolute Gasteiger partial charge is 0.186 e. The van der Waals surface area contributed by atoms with E-state index in [4.69, 9.17) is 28.4 Å². The Balaban J connectivity index is 1.21. The maximum atomic E-state index is 11.8. The first-order chi connectivity index (χ1) is 29.1. The van der Waals surface area contributed by atoms with E-state index < -0.39 is 129 Å². The zero-order valence-electron chi connectivity index (χ0n) is 37.2. The van der Waals surface area contributed by atoms with Crippen LogP contribution in [0.1, 0.15) is 99.8 Å². The Morgan fingerprint density at radius 3 is 1.84 bits per heavy atom. The van der Waals surface area contributed by atoms with Gasteiger partial charge >= 0.3 is 0 Å². The molecule has 0 radical (unpaired) electrons. The zero-order valence-corrected chi connectivity index (χ0v) is 37.2. The van der Waals surface area contributed by atoms with Crippen molar-refractivity contribution >= 4 is 0 Å². The van der Waals surface area contributed by atoms with Gasteiger partial charge in [-0.2, -0.15) is 0 Å². The Bertz CT molecular complexity index is 1530. The standard InChI is InChI=1S/C45H76O17/c1-18(2)8-11-27(47)19(3)31-28(60-43-40(56)37(53)34(50)29(17-46)61-43)16-26-24-10-9-22-14-23(59-41-38(54)35(51)32(48)20(4)57-41)15-30(45(22,7)25(24)12-13-44(26,31)6)62-42-39(55)36(52)33(49)21(5)58-42/h9,18-21,23-43,46-56H,8,10-17H2,1-7H3/t19-,20+,21+,23-,24-,25+,26+,27+,28+,29-,30-,31+,32+,33+,34-,35-,36-,37+,38-,39-,40-,41+,42+,43-,44+,45+/m1/s1. The molecule has 3 aliphatic heterocycles. The van der Waals surface area contributed by atoms with Crippen LogP contribution >= 0.6 is 0 Å². The summed E-state index contributed by atoms with van der Waals surface area (Å²) in [5.74, 6) is 0.0927. The third-order valence-corrected chi connectivity index (χ3v) is 16.8. The molecule has 7 rings (SSSR count). The molecule has 62 heavy (non-hydrogen) atoms. The molecule has 0 amide bonds. The fourth-order valence-corrected chi connectivity index (χ4v) is 13.0. The minimum absolute atomic E-state index is 0.0153. The largest absolute Gasteiger partial charge is 0.394 e. The number of hydrogen-bond donors (Lipinski definition) is 11. The van der Waals surface area contributed by atoms with Gasteiger partial charge in [0, 0.05) is 11.8 Å². The van der Waals surface area contributed by atoms with Gasteiger partial charge in [0.05, 0.1) is 43.2 Å². The molecule has 0 aromatic carbocycles. The van der Waals surface area contributed by atoms with Crippen LogP contribution in [0.3, 0.4) is 0 Å². The molecule has 26 atom stereocenters. The van der Waals surface area contributed by atoms with Gasteiger partial charge < -0.3 is 84.6 Å². The first kappa shape index (κ1) is 49.0. The van der Waals surface area contributed by atoms with E-state index in [1.807, 2.05) is 0 Å². The fraction of sp³-hybridized carbons (Fsp3) is 0.956. The van der Waals surface area contributed by atoms with E-state index in [0.717, 1.165) is 24.8 Å². The monoisotopic (exact) mass is 889 g/mol. The maximum Gasteiger partial charge on any atom is 0.186 e. The SMILES string of the molecule is CC(C)CC[C@H](O)[C@@H](C)[C@H]1[C@@H](O[C@@H]2O[C@H](CO)[C@@H](O)[C@H](O)[C@H]2O)C[C@H]2[C@@H]3CC=C4C[C@@H](O[C@@H]5O[C@@H](C)[C@H](O)[C@@H](O)[C@H]5O)C[C@@H](O[C@@H]5O[C@@H](C)[C@H](O)[C@@H](O)[C@H]5O)[C@]4(C)[C@H]3CC[C@]12C. The van der Waals surface area contributed by atoms with Gasteiger partial charge in [-0.25, -0.2) is 0 Å². The van der Waals surface area contributed by atoms with Crippen LogP contribution in [0, 0.1) is 46.3 Å². The molecule has 7 aliphatic rings. The molecule has 6 fully saturated rings. The summed E-state index contributed by atoms with van der Waals surface area (Å²) < 4.78 is 37.6. The maximum absolute atomic E-state index is 11.8. The van der Waals surface area contributed by atoms with Crippen molar-refractivity contribution in [1.29, 1.82) is 0 Å². The van der Waals surface area contributed by atoms with Gasteiger partial charge in [-0.1, -0.05) is 46.3 Å². The lowest BCUT2D eigenvalue weighted by Crippen LogP contribution is -2.62. The Kier molecular flexibility index (Phi) is 15.0. The lowest BCUT2D eigenvalue weighted by atomic mass is 9.46. The molecular formula is C45H76O17. The molecule has 4 aliphatic carbocycles. The molecule has 17 heteroatoms. The lowest BCUT2D eigenvalue weighted by Gasteiger charge is -2.61. The molecule has 0 aromatic rings. The molecule has 0 spiro atoms. The number of allylic oxidation sites excluding steroid dienone is 1. The second-order valence-corrected chi connectivity index (χ2v) is 20.9. The fourth-order valence-electron chi connectivity index (χ4n) is 13.0. The van der Waals surface area contributed by atoms with Gasteiger partial charge in [-0.15, -0.1) is 0 Å². The van der Waals surface area contributed by atoms with Crippen molar-refractivity contribution in [2.75, 3.05) is 6.61 Å². The first-order valence-corrected chi connectivity index (χ1v) is 23.2. The first-order valence-electron chi connectivity index (χ1n) is 23.2. The predicted molar refractivity (Wildman–Crippen MR) is 218 cm³/mol. The summed E-state index contributed by atoms with van der Waals surface area (Å²) >= 11 is 0. The van der Waals surface area contributed by atoms with E-state index >= 15 is 0 Å². The van der Waals surface area contributed by atoms with Crippen LogP contribution in [0.2, 0.25) is 0 Å². The summed E-state index contributed by atoms with van der Waals surface area (Å²) in [7, 11) is 0. The van der Waals surface area contributed by atoms with E-state index in [2.05, 4.69) is 40.7 Å². The van der Waals surface area contributed by atoms with Gasteiger partial charge in [0.1, 0.15) is 61.0 Å². The van der Waals surface area contributed by atoms with Crippen LogP contribution in [-0.4, -0.2) is 179 Å². The van der Waals surface area contributed by atoms with Crippen LogP contribution in [0.25, 0.3) is 0 Å². The number of rotatable bonds is 12. The molecule has 0 aromatic heterocycles. The lowest BCUT2D eigenvalue weighted by molar-refractivity contribution is -0.329. The van der Waals surface area contributed by atoms with Crippen LogP contribution in [0.4, 0.5) is 0 Å². The topological polar surface area (TPSA) is 278 Å². The predicted octanol–water partition coefficient (Wildman–Crippen LogP) is -0.171. The highest BCUT2D eigenvalue weighted by molar-refractivity contribution is 5.28.